The molecular weight excluding hydrogens is 392 g/mol. The molecule has 0 fully saturated rings. The number of likely N-dealkylation sites (N-methyl/N-ethyl adjacent to an activating group) is 1. The molecule has 28 heavy (non-hydrogen) atoms. The van der Waals surface area contributed by atoms with E-state index in [4.69, 9.17) is 11.6 Å². The molecule has 1 N–H and O–H groups in total. The van der Waals surface area contributed by atoms with Gasteiger partial charge in [-0.25, -0.2) is 0 Å². The van der Waals surface area contributed by atoms with Crippen molar-refractivity contribution in [3.63, 3.8) is 0 Å². The fourth-order valence-corrected chi connectivity index (χ4v) is 3.69. The minimum atomic E-state index is -0.519. The van der Waals surface area contributed by atoms with Crippen LogP contribution < -0.4 is 5.32 Å². The molecule has 2 aromatic carbocycles. The zero-order valence-electron chi connectivity index (χ0n) is 16.6. The van der Waals surface area contributed by atoms with Gasteiger partial charge >= 0.3 is 0 Å². The van der Waals surface area contributed by atoms with Crippen molar-refractivity contribution in [3.8, 4) is 0 Å². The van der Waals surface area contributed by atoms with E-state index in [9.17, 15) is 9.59 Å². The molecule has 2 rings (SSSR count). The van der Waals surface area contributed by atoms with Crippen molar-refractivity contribution >= 4 is 35.2 Å². The van der Waals surface area contributed by atoms with Gasteiger partial charge in [0.1, 0.15) is 6.04 Å². The van der Waals surface area contributed by atoms with Crippen molar-refractivity contribution in [1.82, 2.24) is 10.2 Å². The van der Waals surface area contributed by atoms with E-state index in [0.29, 0.717) is 30.3 Å². The standard InChI is InChI=1S/C22H27ClN2O2S/c1-4-24-22(27)17(3)25(15-18-7-5-16(2)6-8-18)21(26)13-14-28-20-11-9-19(23)10-12-20/h5-12,17H,4,13-15H2,1-3H3,(H,24,27). The lowest BCUT2D eigenvalue weighted by Gasteiger charge is -2.28. The van der Waals surface area contributed by atoms with Crippen LogP contribution in [-0.4, -0.2) is 35.1 Å². The molecule has 0 radical (unpaired) electrons. The third-order valence-corrected chi connectivity index (χ3v) is 5.66. The molecule has 0 bridgehead atoms. The van der Waals surface area contributed by atoms with E-state index < -0.39 is 6.04 Å². The number of hydrogen-bond donors (Lipinski definition) is 1. The molecule has 4 nitrogen and oxygen atoms in total. The first-order valence-electron chi connectivity index (χ1n) is 9.41. The van der Waals surface area contributed by atoms with Crippen molar-refractivity contribution in [1.29, 1.82) is 0 Å². The molecule has 1 atom stereocenters. The number of nitrogens with one attached hydrogen (secondary N) is 1. The van der Waals surface area contributed by atoms with Gasteiger partial charge in [-0.05, 0) is 50.6 Å². The van der Waals surface area contributed by atoms with E-state index >= 15 is 0 Å². The Morgan fingerprint density at radius 3 is 2.36 bits per heavy atom. The second-order valence-corrected chi connectivity index (χ2v) is 8.23. The van der Waals surface area contributed by atoms with Gasteiger partial charge < -0.3 is 10.2 Å². The van der Waals surface area contributed by atoms with Gasteiger partial charge in [-0.1, -0.05) is 41.4 Å². The molecule has 0 aromatic heterocycles. The Kier molecular flexibility index (Phi) is 8.87. The van der Waals surface area contributed by atoms with E-state index in [2.05, 4.69) is 5.32 Å². The Bertz CT molecular complexity index is 778. The van der Waals surface area contributed by atoms with Crippen LogP contribution in [0.3, 0.4) is 0 Å². The number of rotatable bonds is 9. The fraction of sp³-hybridized carbons (Fsp3) is 0.364. The Morgan fingerprint density at radius 1 is 1.11 bits per heavy atom. The van der Waals surface area contributed by atoms with Crippen molar-refractivity contribution in [2.75, 3.05) is 12.3 Å². The molecule has 0 aliphatic carbocycles. The van der Waals surface area contributed by atoms with Crippen LogP contribution in [0, 0.1) is 6.92 Å². The molecule has 1 unspecified atom stereocenters. The summed E-state index contributed by atoms with van der Waals surface area (Å²) in [5, 5.41) is 3.51. The van der Waals surface area contributed by atoms with Crippen LogP contribution in [0.25, 0.3) is 0 Å². The van der Waals surface area contributed by atoms with Crippen molar-refractivity contribution in [2.45, 2.75) is 44.7 Å². The van der Waals surface area contributed by atoms with Gasteiger partial charge in [-0.2, -0.15) is 0 Å². The third kappa shape index (κ3) is 6.88. The van der Waals surface area contributed by atoms with E-state index in [-0.39, 0.29) is 11.8 Å². The molecule has 2 amide bonds. The molecule has 0 aliphatic rings. The number of amides is 2. The van der Waals surface area contributed by atoms with Gasteiger partial charge in [-0.15, -0.1) is 11.8 Å². The maximum atomic E-state index is 12.9. The number of nitrogens with zero attached hydrogens (tertiary/aromatic N) is 1. The quantitative estimate of drug-likeness (QED) is 0.601. The topological polar surface area (TPSA) is 49.4 Å². The van der Waals surface area contributed by atoms with Gasteiger partial charge in [0.05, 0.1) is 0 Å². The molecule has 0 heterocycles. The van der Waals surface area contributed by atoms with Gasteiger partial charge in [0.2, 0.25) is 11.8 Å². The largest absolute Gasteiger partial charge is 0.355 e. The van der Waals surface area contributed by atoms with E-state index in [1.807, 2.05) is 62.4 Å². The number of halogens is 1. The van der Waals surface area contributed by atoms with Crippen molar-refractivity contribution in [3.05, 3.63) is 64.7 Å². The van der Waals surface area contributed by atoms with E-state index in [0.717, 1.165) is 16.0 Å². The number of aryl methyl sites for hydroxylation is 1. The van der Waals surface area contributed by atoms with Crippen LogP contribution >= 0.6 is 23.4 Å². The summed E-state index contributed by atoms with van der Waals surface area (Å²) < 4.78 is 0. The van der Waals surface area contributed by atoms with Crippen LogP contribution in [0.5, 0.6) is 0 Å². The van der Waals surface area contributed by atoms with Crippen LogP contribution in [0.2, 0.25) is 5.02 Å². The lowest BCUT2D eigenvalue weighted by atomic mass is 10.1. The Hall–Kier alpha value is -1.98. The summed E-state index contributed by atoms with van der Waals surface area (Å²) in [7, 11) is 0. The van der Waals surface area contributed by atoms with Crippen LogP contribution in [0.1, 0.15) is 31.4 Å². The number of thioether (sulfide) groups is 1. The lowest BCUT2D eigenvalue weighted by molar-refractivity contribution is -0.140. The van der Waals surface area contributed by atoms with Crippen LogP contribution in [-0.2, 0) is 16.1 Å². The van der Waals surface area contributed by atoms with Gasteiger partial charge in [0.25, 0.3) is 0 Å². The maximum absolute atomic E-state index is 12.9. The van der Waals surface area contributed by atoms with Crippen LogP contribution in [0.4, 0.5) is 0 Å². The Morgan fingerprint density at radius 2 is 1.75 bits per heavy atom. The fourth-order valence-electron chi connectivity index (χ4n) is 2.73. The first-order valence-corrected chi connectivity index (χ1v) is 10.8. The SMILES string of the molecule is CCNC(=O)C(C)N(Cc1ccc(C)cc1)C(=O)CCSc1ccc(Cl)cc1. The minimum Gasteiger partial charge on any atom is -0.355 e. The maximum Gasteiger partial charge on any atom is 0.242 e. The number of benzene rings is 2. The van der Waals surface area contributed by atoms with Gasteiger partial charge in [0, 0.05) is 35.2 Å². The molecular formula is C22H27ClN2O2S. The van der Waals surface area contributed by atoms with Crippen molar-refractivity contribution in [2.24, 2.45) is 0 Å². The monoisotopic (exact) mass is 418 g/mol. The summed E-state index contributed by atoms with van der Waals surface area (Å²) in [5.74, 6) is 0.488. The van der Waals surface area contributed by atoms with Crippen molar-refractivity contribution < 1.29 is 9.59 Å². The highest BCUT2D eigenvalue weighted by Crippen LogP contribution is 2.22. The highest BCUT2D eigenvalue weighted by Gasteiger charge is 2.25. The van der Waals surface area contributed by atoms with Gasteiger partial charge in [-0.3, -0.25) is 9.59 Å². The first kappa shape index (κ1) is 22.3. The first-order chi connectivity index (χ1) is 13.4. The number of carbonyl (C=O) groups is 2. The second-order valence-electron chi connectivity index (χ2n) is 6.63. The van der Waals surface area contributed by atoms with Gasteiger partial charge in [0.15, 0.2) is 0 Å². The molecule has 150 valence electrons. The van der Waals surface area contributed by atoms with E-state index in [1.165, 1.54) is 0 Å². The Balaban J connectivity index is 2.03. The second kappa shape index (κ2) is 11.1. The third-order valence-electron chi connectivity index (χ3n) is 4.39. The molecule has 0 saturated heterocycles. The summed E-state index contributed by atoms with van der Waals surface area (Å²) in [6.07, 6.45) is 0.364. The zero-order chi connectivity index (χ0) is 20.5. The molecule has 0 spiro atoms. The van der Waals surface area contributed by atoms with E-state index in [1.54, 1.807) is 23.6 Å². The summed E-state index contributed by atoms with van der Waals surface area (Å²) >= 11 is 7.51. The molecule has 6 heteroatoms. The summed E-state index contributed by atoms with van der Waals surface area (Å²) in [6, 6.07) is 15.1. The summed E-state index contributed by atoms with van der Waals surface area (Å²) in [4.78, 5) is 28.0. The smallest absolute Gasteiger partial charge is 0.242 e. The predicted octanol–water partition coefficient (Wildman–Crippen LogP) is 4.68. The minimum absolute atomic E-state index is 0.0270. The normalized spacial score (nSPS) is 11.7. The molecule has 0 saturated carbocycles. The predicted molar refractivity (Wildman–Crippen MR) is 117 cm³/mol. The highest BCUT2D eigenvalue weighted by atomic mass is 35.5. The molecule has 2 aromatic rings. The summed E-state index contributed by atoms with van der Waals surface area (Å²) in [5.41, 5.74) is 2.18. The van der Waals surface area contributed by atoms with Crippen LogP contribution in [0.15, 0.2) is 53.4 Å². The molecule has 0 aliphatic heterocycles. The highest BCUT2D eigenvalue weighted by molar-refractivity contribution is 7.99. The zero-order valence-corrected chi connectivity index (χ0v) is 18.1. The number of hydrogen-bond acceptors (Lipinski definition) is 3. The lowest BCUT2D eigenvalue weighted by Crippen LogP contribution is -2.47. The Labute approximate surface area is 176 Å². The average molecular weight is 419 g/mol. The average Bonchev–Trinajstić information content (AvgIpc) is 2.68. The summed E-state index contributed by atoms with van der Waals surface area (Å²) in [6.45, 7) is 6.64. The number of carbonyl (C=O) groups excluding carboxylic acids is 2.